The highest BCUT2D eigenvalue weighted by molar-refractivity contribution is 6.30. The number of benzene rings is 2. The van der Waals surface area contributed by atoms with Crippen LogP contribution in [0.15, 0.2) is 42.5 Å². The van der Waals surface area contributed by atoms with Gasteiger partial charge in [0.2, 0.25) is 17.7 Å². The van der Waals surface area contributed by atoms with Crippen LogP contribution >= 0.6 is 11.6 Å². The third kappa shape index (κ3) is 5.31. The molecule has 0 bridgehead atoms. The van der Waals surface area contributed by atoms with E-state index in [1.807, 2.05) is 6.92 Å². The second kappa shape index (κ2) is 8.22. The predicted molar refractivity (Wildman–Crippen MR) is 108 cm³/mol. The van der Waals surface area contributed by atoms with Gasteiger partial charge in [-0.2, -0.15) is 0 Å². The Bertz CT molecular complexity index is 894. The van der Waals surface area contributed by atoms with E-state index in [4.69, 9.17) is 11.6 Å². The summed E-state index contributed by atoms with van der Waals surface area (Å²) in [6.07, 6.45) is 0. The van der Waals surface area contributed by atoms with E-state index in [0.29, 0.717) is 22.1 Å². The molecule has 0 saturated carbocycles. The van der Waals surface area contributed by atoms with Crippen LogP contribution in [0.1, 0.15) is 26.3 Å². The van der Waals surface area contributed by atoms with Crippen LogP contribution in [0, 0.1) is 12.3 Å². The molecule has 0 aliphatic carbocycles. The van der Waals surface area contributed by atoms with Gasteiger partial charge in [-0.3, -0.25) is 14.4 Å². The summed E-state index contributed by atoms with van der Waals surface area (Å²) in [6, 6.07) is 11.8. The van der Waals surface area contributed by atoms with Crippen LogP contribution < -0.4 is 16.0 Å². The molecule has 0 aromatic heterocycles. The van der Waals surface area contributed by atoms with E-state index in [1.54, 1.807) is 56.3 Å². The van der Waals surface area contributed by atoms with Crippen LogP contribution in [-0.4, -0.2) is 17.7 Å². The second-order valence-electron chi connectivity index (χ2n) is 6.75. The first-order chi connectivity index (χ1) is 12.6. The Kier molecular flexibility index (Phi) is 6.23. The molecule has 0 aliphatic rings. The van der Waals surface area contributed by atoms with E-state index >= 15 is 0 Å². The average molecular weight is 388 g/mol. The summed E-state index contributed by atoms with van der Waals surface area (Å²) in [5.41, 5.74) is 1.11. The van der Waals surface area contributed by atoms with Crippen molar-refractivity contribution in [2.24, 2.45) is 5.41 Å². The first-order valence-corrected chi connectivity index (χ1v) is 8.74. The van der Waals surface area contributed by atoms with Crippen molar-refractivity contribution in [3.63, 3.8) is 0 Å². The van der Waals surface area contributed by atoms with Crippen molar-refractivity contribution >= 4 is 46.4 Å². The van der Waals surface area contributed by atoms with Crippen molar-refractivity contribution in [1.29, 1.82) is 0 Å². The predicted octanol–water partition coefficient (Wildman–Crippen LogP) is 4.21. The summed E-state index contributed by atoms with van der Waals surface area (Å²) >= 11 is 5.93. The molecule has 0 atom stereocenters. The quantitative estimate of drug-likeness (QED) is 0.671. The molecule has 2 aromatic rings. The Hall–Kier alpha value is -2.86. The Morgan fingerprint density at radius 3 is 2.07 bits per heavy atom. The highest BCUT2D eigenvalue weighted by Crippen LogP contribution is 2.25. The molecule has 6 nitrogen and oxygen atoms in total. The Morgan fingerprint density at radius 2 is 1.48 bits per heavy atom. The summed E-state index contributed by atoms with van der Waals surface area (Å²) in [5, 5.41) is 8.69. The maximum atomic E-state index is 12.7. The summed E-state index contributed by atoms with van der Waals surface area (Å²) < 4.78 is 0. The molecule has 3 amide bonds. The number of hydrogen-bond acceptors (Lipinski definition) is 3. The Balaban J connectivity index is 2.11. The van der Waals surface area contributed by atoms with Crippen molar-refractivity contribution in [2.75, 3.05) is 16.0 Å². The van der Waals surface area contributed by atoms with Gasteiger partial charge >= 0.3 is 0 Å². The number of hydrogen-bond donors (Lipinski definition) is 3. The largest absolute Gasteiger partial charge is 0.326 e. The van der Waals surface area contributed by atoms with E-state index in [9.17, 15) is 14.4 Å². The first-order valence-electron chi connectivity index (χ1n) is 8.36. The van der Waals surface area contributed by atoms with Crippen LogP contribution in [0.2, 0.25) is 5.02 Å². The zero-order chi connectivity index (χ0) is 20.2. The fourth-order valence-corrected chi connectivity index (χ4v) is 2.54. The zero-order valence-electron chi connectivity index (χ0n) is 15.6. The van der Waals surface area contributed by atoms with Gasteiger partial charge in [0, 0.05) is 29.0 Å². The summed E-state index contributed by atoms with van der Waals surface area (Å²) in [4.78, 5) is 36.5. The van der Waals surface area contributed by atoms with E-state index in [2.05, 4.69) is 16.0 Å². The number of amides is 3. The summed E-state index contributed by atoms with van der Waals surface area (Å²) in [5.74, 6) is -1.12. The minimum absolute atomic E-state index is 0.212. The third-order valence-electron chi connectivity index (χ3n) is 4.01. The minimum Gasteiger partial charge on any atom is -0.326 e. The highest BCUT2D eigenvalue weighted by Gasteiger charge is 2.36. The molecule has 2 aromatic carbocycles. The van der Waals surface area contributed by atoms with Gasteiger partial charge in [0.25, 0.3) is 0 Å². The molecular weight excluding hydrogens is 366 g/mol. The van der Waals surface area contributed by atoms with E-state index in [0.717, 1.165) is 5.56 Å². The smallest absolute Gasteiger partial charge is 0.239 e. The molecule has 0 unspecified atom stereocenters. The lowest BCUT2D eigenvalue weighted by molar-refractivity contribution is -0.135. The molecular formula is C20H22ClN3O3. The van der Waals surface area contributed by atoms with Crippen molar-refractivity contribution < 1.29 is 14.4 Å². The highest BCUT2D eigenvalue weighted by atomic mass is 35.5. The first kappa shape index (κ1) is 20.5. The summed E-state index contributed by atoms with van der Waals surface area (Å²) in [7, 11) is 0. The standard InChI is InChI=1S/C20H22ClN3O3/c1-12-10-14(21)8-9-17(12)24-19(27)20(3,4)18(26)23-16-7-5-6-15(11-16)22-13(2)25/h5-11H,1-4H3,(H,22,25)(H,23,26)(H,24,27). The number of carbonyl (C=O) groups is 3. The number of carbonyl (C=O) groups excluding carboxylic acids is 3. The SMILES string of the molecule is CC(=O)Nc1cccc(NC(=O)C(C)(C)C(=O)Nc2ccc(Cl)cc2C)c1. The van der Waals surface area contributed by atoms with Gasteiger partial charge in [-0.1, -0.05) is 17.7 Å². The van der Waals surface area contributed by atoms with Gasteiger partial charge in [-0.05, 0) is 62.7 Å². The normalized spacial score (nSPS) is 10.9. The minimum atomic E-state index is -1.32. The van der Waals surface area contributed by atoms with Gasteiger partial charge in [-0.15, -0.1) is 0 Å². The molecule has 27 heavy (non-hydrogen) atoms. The number of anilines is 3. The third-order valence-corrected chi connectivity index (χ3v) is 4.25. The Labute approximate surface area is 163 Å². The van der Waals surface area contributed by atoms with E-state index < -0.39 is 17.2 Å². The lowest BCUT2D eigenvalue weighted by Gasteiger charge is -2.23. The lowest BCUT2D eigenvalue weighted by atomic mass is 9.90. The number of nitrogens with one attached hydrogen (secondary N) is 3. The maximum absolute atomic E-state index is 12.7. The fraction of sp³-hybridized carbons (Fsp3) is 0.250. The van der Waals surface area contributed by atoms with Crippen LogP contribution in [0.4, 0.5) is 17.1 Å². The molecule has 3 N–H and O–H groups in total. The molecule has 0 fully saturated rings. The molecule has 0 spiro atoms. The molecule has 0 heterocycles. The van der Waals surface area contributed by atoms with Crippen LogP contribution in [0.25, 0.3) is 0 Å². The zero-order valence-corrected chi connectivity index (χ0v) is 16.4. The van der Waals surface area contributed by atoms with Crippen LogP contribution in [0.3, 0.4) is 0 Å². The molecule has 142 valence electrons. The van der Waals surface area contributed by atoms with Gasteiger partial charge in [0.1, 0.15) is 5.41 Å². The molecule has 0 radical (unpaired) electrons. The second-order valence-corrected chi connectivity index (χ2v) is 7.19. The van der Waals surface area contributed by atoms with Crippen LogP contribution in [-0.2, 0) is 14.4 Å². The van der Waals surface area contributed by atoms with Crippen LogP contribution in [0.5, 0.6) is 0 Å². The molecule has 7 heteroatoms. The lowest BCUT2D eigenvalue weighted by Crippen LogP contribution is -2.41. The average Bonchev–Trinajstić information content (AvgIpc) is 2.56. The molecule has 0 aliphatic heterocycles. The maximum Gasteiger partial charge on any atom is 0.239 e. The van der Waals surface area contributed by atoms with E-state index in [1.165, 1.54) is 6.92 Å². The molecule has 2 rings (SSSR count). The fourth-order valence-electron chi connectivity index (χ4n) is 2.31. The number of aryl methyl sites for hydroxylation is 1. The molecule has 0 saturated heterocycles. The summed E-state index contributed by atoms with van der Waals surface area (Å²) in [6.45, 7) is 6.31. The number of halogens is 1. The van der Waals surface area contributed by atoms with Gasteiger partial charge in [-0.25, -0.2) is 0 Å². The van der Waals surface area contributed by atoms with E-state index in [-0.39, 0.29) is 5.91 Å². The van der Waals surface area contributed by atoms with Crippen molar-refractivity contribution in [2.45, 2.75) is 27.7 Å². The van der Waals surface area contributed by atoms with Crippen molar-refractivity contribution in [3.05, 3.63) is 53.1 Å². The van der Waals surface area contributed by atoms with Gasteiger partial charge in [0.15, 0.2) is 0 Å². The monoisotopic (exact) mass is 387 g/mol. The van der Waals surface area contributed by atoms with Gasteiger partial charge in [0.05, 0.1) is 0 Å². The van der Waals surface area contributed by atoms with Crippen molar-refractivity contribution in [3.8, 4) is 0 Å². The van der Waals surface area contributed by atoms with Crippen molar-refractivity contribution in [1.82, 2.24) is 0 Å². The van der Waals surface area contributed by atoms with Gasteiger partial charge < -0.3 is 16.0 Å². The Morgan fingerprint density at radius 1 is 0.889 bits per heavy atom. The number of rotatable bonds is 5. The topological polar surface area (TPSA) is 87.3 Å².